The molecule has 1 aromatic rings. The molecule has 0 radical (unpaired) electrons. The molecule has 1 atom stereocenters. The third-order valence-electron chi connectivity index (χ3n) is 5.33. The molecule has 0 bridgehead atoms. The number of benzene rings is 1. The van der Waals surface area contributed by atoms with E-state index in [9.17, 15) is 9.90 Å². The van der Waals surface area contributed by atoms with Crippen LogP contribution >= 0.6 is 0 Å². The van der Waals surface area contributed by atoms with E-state index in [0.29, 0.717) is 17.2 Å². The first kappa shape index (κ1) is 19.3. The minimum Gasteiger partial charge on any atom is -1.00 e. The molecule has 0 amide bonds. The van der Waals surface area contributed by atoms with Gasteiger partial charge in [0.1, 0.15) is 12.3 Å². The molecule has 1 saturated carbocycles. The molecule has 1 aromatic carbocycles. The van der Waals surface area contributed by atoms with Crippen LogP contribution < -0.4 is 17.0 Å². The van der Waals surface area contributed by atoms with Crippen molar-refractivity contribution in [2.24, 2.45) is 0 Å². The topological polar surface area (TPSA) is 46.5 Å². The predicted molar refractivity (Wildman–Crippen MR) is 89.4 cm³/mol. The second-order valence-electron chi connectivity index (χ2n) is 7.76. The number of hydrogen-bond donors (Lipinski definition) is 1. The van der Waals surface area contributed by atoms with Crippen LogP contribution in [-0.2, 0) is 16.0 Å². The SMILES string of the molecule is C[N+]1(C)CC[C@H](OC(=O)Cc2cccc(C3CCCC3)c2O)C1.[Br-]. The van der Waals surface area contributed by atoms with Crippen molar-refractivity contribution in [2.75, 3.05) is 27.2 Å². The lowest BCUT2D eigenvalue weighted by molar-refractivity contribution is -0.879. The van der Waals surface area contributed by atoms with Crippen LogP contribution in [0.25, 0.3) is 0 Å². The highest BCUT2D eigenvalue weighted by molar-refractivity contribution is 5.74. The maximum Gasteiger partial charge on any atom is 0.310 e. The van der Waals surface area contributed by atoms with Gasteiger partial charge in [0, 0.05) is 12.0 Å². The molecule has 24 heavy (non-hydrogen) atoms. The molecular weight excluding hydrogens is 370 g/mol. The average Bonchev–Trinajstić information content (AvgIpc) is 3.11. The lowest BCUT2D eigenvalue weighted by Gasteiger charge is -2.23. The third-order valence-corrected chi connectivity index (χ3v) is 5.33. The number of carbonyl (C=O) groups excluding carboxylic acids is 1. The first-order chi connectivity index (χ1) is 10.9. The highest BCUT2D eigenvalue weighted by atomic mass is 79.9. The van der Waals surface area contributed by atoms with E-state index in [0.717, 1.165) is 42.4 Å². The third kappa shape index (κ3) is 4.51. The first-order valence-electron chi connectivity index (χ1n) is 8.77. The summed E-state index contributed by atoms with van der Waals surface area (Å²) in [6.07, 6.45) is 5.83. The average molecular weight is 398 g/mol. The summed E-state index contributed by atoms with van der Waals surface area (Å²) in [7, 11) is 4.31. The fraction of sp³-hybridized carbons (Fsp3) is 0.632. The number of ether oxygens (including phenoxy) is 1. The number of aromatic hydroxyl groups is 1. The van der Waals surface area contributed by atoms with Crippen LogP contribution in [0.1, 0.15) is 49.1 Å². The number of likely N-dealkylation sites (N-methyl/N-ethyl adjacent to an activating group) is 1. The number of nitrogens with zero attached hydrogens (tertiary/aromatic N) is 1. The Kier molecular flexibility index (Phi) is 6.32. The van der Waals surface area contributed by atoms with Crippen LogP contribution in [0, 0.1) is 0 Å². The predicted octanol–water partition coefficient (Wildman–Crippen LogP) is -0.0118. The summed E-state index contributed by atoms with van der Waals surface area (Å²) in [6, 6.07) is 5.78. The van der Waals surface area contributed by atoms with Gasteiger partial charge in [-0.15, -0.1) is 0 Å². The van der Waals surface area contributed by atoms with Crippen LogP contribution in [-0.4, -0.2) is 48.8 Å². The molecule has 1 saturated heterocycles. The number of rotatable bonds is 4. The summed E-state index contributed by atoms with van der Waals surface area (Å²) in [5.74, 6) is 0.522. The molecule has 0 spiro atoms. The number of quaternary nitrogens is 1. The maximum atomic E-state index is 12.2. The molecule has 1 aliphatic heterocycles. The number of halogens is 1. The molecule has 1 heterocycles. The highest BCUT2D eigenvalue weighted by Crippen LogP contribution is 2.39. The van der Waals surface area contributed by atoms with Crippen molar-refractivity contribution in [3.63, 3.8) is 0 Å². The van der Waals surface area contributed by atoms with Crippen molar-refractivity contribution < 1.29 is 36.1 Å². The number of phenols is 1. The quantitative estimate of drug-likeness (QED) is 0.573. The van der Waals surface area contributed by atoms with Gasteiger partial charge in [0.15, 0.2) is 6.10 Å². The Morgan fingerprint density at radius 1 is 1.25 bits per heavy atom. The van der Waals surface area contributed by atoms with Gasteiger partial charge in [-0.25, -0.2) is 0 Å². The van der Waals surface area contributed by atoms with Gasteiger partial charge in [0.2, 0.25) is 0 Å². The van der Waals surface area contributed by atoms with Gasteiger partial charge >= 0.3 is 5.97 Å². The monoisotopic (exact) mass is 397 g/mol. The summed E-state index contributed by atoms with van der Waals surface area (Å²) < 4.78 is 6.51. The van der Waals surface area contributed by atoms with Gasteiger partial charge < -0.3 is 31.3 Å². The van der Waals surface area contributed by atoms with Gasteiger partial charge in [0.25, 0.3) is 0 Å². The molecule has 134 valence electrons. The lowest BCUT2D eigenvalue weighted by atomic mass is 9.94. The molecule has 3 rings (SSSR count). The number of likely N-dealkylation sites (tertiary alicyclic amines) is 1. The molecule has 4 nitrogen and oxygen atoms in total. The standard InChI is InChI=1S/C19H27NO3.BrH/c1-20(2)11-10-16(13-20)23-18(21)12-15-8-5-9-17(19(15)22)14-6-3-4-7-14;/h5,8-9,14,16H,3-4,6-7,10-13H2,1-2H3;1H/t16-;/m0./s1. The number of esters is 1. The van der Waals surface area contributed by atoms with Gasteiger partial charge in [-0.3, -0.25) is 4.79 Å². The Morgan fingerprint density at radius 3 is 2.58 bits per heavy atom. The second kappa shape index (κ2) is 7.87. The van der Waals surface area contributed by atoms with Gasteiger partial charge in [-0.05, 0) is 24.3 Å². The van der Waals surface area contributed by atoms with Crippen molar-refractivity contribution in [1.82, 2.24) is 0 Å². The largest absolute Gasteiger partial charge is 1.00 e. The van der Waals surface area contributed by atoms with Crippen molar-refractivity contribution in [3.05, 3.63) is 29.3 Å². The van der Waals surface area contributed by atoms with E-state index < -0.39 is 0 Å². The van der Waals surface area contributed by atoms with E-state index >= 15 is 0 Å². The summed E-state index contributed by atoms with van der Waals surface area (Å²) in [5, 5.41) is 10.5. The second-order valence-corrected chi connectivity index (χ2v) is 7.76. The summed E-state index contributed by atoms with van der Waals surface area (Å²) in [6.45, 7) is 1.92. The normalized spacial score (nSPS) is 23.0. The van der Waals surface area contributed by atoms with E-state index in [1.807, 2.05) is 18.2 Å². The van der Waals surface area contributed by atoms with Crippen LogP contribution in [0.5, 0.6) is 5.75 Å². The summed E-state index contributed by atoms with van der Waals surface area (Å²) >= 11 is 0. The highest BCUT2D eigenvalue weighted by Gasteiger charge is 2.33. The van der Waals surface area contributed by atoms with E-state index in [4.69, 9.17) is 4.74 Å². The van der Waals surface area contributed by atoms with Crippen molar-refractivity contribution in [3.8, 4) is 5.75 Å². The molecular formula is C19H28BrNO3. The number of carbonyl (C=O) groups is 1. The zero-order valence-corrected chi connectivity index (χ0v) is 16.2. The molecule has 0 aromatic heterocycles. The van der Waals surface area contributed by atoms with Gasteiger partial charge in [-0.1, -0.05) is 31.0 Å². The van der Waals surface area contributed by atoms with Crippen LogP contribution in [0.4, 0.5) is 0 Å². The van der Waals surface area contributed by atoms with Gasteiger partial charge in [-0.2, -0.15) is 0 Å². The Bertz CT molecular complexity index is 582. The zero-order valence-electron chi connectivity index (χ0n) is 14.6. The summed E-state index contributed by atoms with van der Waals surface area (Å²) in [4.78, 5) is 12.2. The van der Waals surface area contributed by atoms with Crippen molar-refractivity contribution >= 4 is 5.97 Å². The van der Waals surface area contributed by atoms with E-state index in [-0.39, 0.29) is 35.5 Å². The molecule has 1 N–H and O–H groups in total. The molecule has 1 aliphatic carbocycles. The fourth-order valence-electron chi connectivity index (χ4n) is 4.03. The Hall–Kier alpha value is -1.07. The Labute approximate surface area is 155 Å². The first-order valence-corrected chi connectivity index (χ1v) is 8.77. The molecule has 2 fully saturated rings. The van der Waals surface area contributed by atoms with E-state index in [1.54, 1.807) is 0 Å². The van der Waals surface area contributed by atoms with Crippen LogP contribution in [0.15, 0.2) is 18.2 Å². The fourth-order valence-corrected chi connectivity index (χ4v) is 4.03. The van der Waals surface area contributed by atoms with Crippen molar-refractivity contribution in [1.29, 1.82) is 0 Å². The van der Waals surface area contributed by atoms with E-state index in [1.165, 1.54) is 12.8 Å². The molecule has 5 heteroatoms. The Morgan fingerprint density at radius 2 is 1.96 bits per heavy atom. The minimum absolute atomic E-state index is 0. The van der Waals surface area contributed by atoms with Crippen LogP contribution in [0.2, 0.25) is 0 Å². The lowest BCUT2D eigenvalue weighted by Crippen LogP contribution is -3.00. The maximum absolute atomic E-state index is 12.2. The summed E-state index contributed by atoms with van der Waals surface area (Å²) in [5.41, 5.74) is 1.71. The smallest absolute Gasteiger partial charge is 0.310 e. The zero-order chi connectivity index (χ0) is 16.4. The number of hydrogen-bond acceptors (Lipinski definition) is 3. The van der Waals surface area contributed by atoms with Crippen molar-refractivity contribution in [2.45, 2.75) is 50.5 Å². The number of phenolic OH excluding ortho intramolecular Hbond substituents is 1. The molecule has 2 aliphatic rings. The molecule has 0 unspecified atom stereocenters. The number of para-hydroxylation sites is 1. The van der Waals surface area contributed by atoms with Crippen LogP contribution in [0.3, 0.4) is 0 Å². The minimum atomic E-state index is -0.226. The van der Waals surface area contributed by atoms with E-state index in [2.05, 4.69) is 14.1 Å². The Balaban J connectivity index is 0.00000208. The van der Waals surface area contributed by atoms with Gasteiger partial charge in [0.05, 0.1) is 27.1 Å².